The first-order valence-electron chi connectivity index (χ1n) is 4.97. The smallest absolute Gasteiger partial charge is 0.305 e. The number of aromatic nitrogens is 1. The molecule has 0 saturated heterocycles. The van der Waals surface area contributed by atoms with Crippen molar-refractivity contribution >= 4 is 5.97 Å². The van der Waals surface area contributed by atoms with Crippen molar-refractivity contribution in [2.75, 3.05) is 7.05 Å². The van der Waals surface area contributed by atoms with Gasteiger partial charge in [0.15, 0.2) is 0 Å². The maximum Gasteiger partial charge on any atom is 0.305 e. The van der Waals surface area contributed by atoms with Gasteiger partial charge in [0.25, 0.3) is 0 Å². The highest BCUT2D eigenvalue weighted by Gasteiger charge is 2.26. The minimum absolute atomic E-state index is 0.143. The third-order valence-electron chi connectivity index (χ3n) is 2.69. The minimum Gasteiger partial charge on any atom is -0.481 e. The van der Waals surface area contributed by atoms with Gasteiger partial charge in [0.2, 0.25) is 0 Å². The van der Waals surface area contributed by atoms with E-state index in [-0.39, 0.29) is 12.0 Å². The lowest BCUT2D eigenvalue weighted by Gasteiger charge is -2.34. The van der Waals surface area contributed by atoms with E-state index in [0.29, 0.717) is 0 Å². The highest BCUT2D eigenvalue weighted by molar-refractivity contribution is 5.68. The molecule has 1 heterocycles. The number of carboxylic acids is 1. The molecule has 1 rings (SSSR count). The van der Waals surface area contributed by atoms with Gasteiger partial charge in [-0.3, -0.25) is 9.69 Å². The normalized spacial score (nSPS) is 12.0. The number of aromatic amines is 1. The van der Waals surface area contributed by atoms with Gasteiger partial charge in [-0.2, -0.15) is 0 Å². The zero-order valence-corrected chi connectivity index (χ0v) is 9.45. The Hall–Kier alpha value is -1.29. The number of carboxylic acid groups (broad SMARTS) is 1. The van der Waals surface area contributed by atoms with Crippen molar-refractivity contribution in [3.8, 4) is 0 Å². The molecule has 0 saturated carbocycles. The average Bonchev–Trinajstić information content (AvgIpc) is 2.54. The molecular formula is C11H18N2O2. The largest absolute Gasteiger partial charge is 0.481 e. The summed E-state index contributed by atoms with van der Waals surface area (Å²) in [4.78, 5) is 15.8. The van der Waals surface area contributed by atoms with Crippen LogP contribution in [0.15, 0.2) is 18.3 Å². The Morgan fingerprint density at radius 2 is 2.27 bits per heavy atom. The molecule has 0 aromatic carbocycles. The van der Waals surface area contributed by atoms with Crippen molar-refractivity contribution in [1.82, 2.24) is 9.88 Å². The average molecular weight is 210 g/mol. The Kier molecular flexibility index (Phi) is 3.52. The number of H-pyrrole nitrogens is 1. The lowest BCUT2D eigenvalue weighted by molar-refractivity contribution is -0.139. The SMILES string of the molecule is CN(Cc1ccc[nH]1)C(C)(C)CC(=O)O. The van der Waals surface area contributed by atoms with Crippen LogP contribution in [0.4, 0.5) is 0 Å². The van der Waals surface area contributed by atoms with Crippen LogP contribution in [0.2, 0.25) is 0 Å². The van der Waals surface area contributed by atoms with E-state index in [2.05, 4.69) is 4.98 Å². The van der Waals surface area contributed by atoms with Crippen LogP contribution in [-0.2, 0) is 11.3 Å². The van der Waals surface area contributed by atoms with Crippen LogP contribution in [0.5, 0.6) is 0 Å². The molecule has 84 valence electrons. The second-order valence-electron chi connectivity index (χ2n) is 4.43. The van der Waals surface area contributed by atoms with Gasteiger partial charge < -0.3 is 10.1 Å². The van der Waals surface area contributed by atoms with E-state index < -0.39 is 5.97 Å². The van der Waals surface area contributed by atoms with Gasteiger partial charge in [-0.1, -0.05) is 0 Å². The Labute approximate surface area is 89.9 Å². The standard InChI is InChI=1S/C11H18N2O2/c1-11(2,7-10(14)15)13(3)8-9-5-4-6-12-9/h4-6,12H,7-8H2,1-3H3,(H,14,15). The number of nitrogens with zero attached hydrogens (tertiary/aromatic N) is 1. The van der Waals surface area contributed by atoms with E-state index >= 15 is 0 Å². The number of nitrogens with one attached hydrogen (secondary N) is 1. The molecule has 0 unspecified atom stereocenters. The second-order valence-corrected chi connectivity index (χ2v) is 4.43. The molecule has 0 spiro atoms. The Morgan fingerprint density at radius 1 is 1.60 bits per heavy atom. The molecular weight excluding hydrogens is 192 g/mol. The molecule has 1 aromatic rings. The summed E-state index contributed by atoms with van der Waals surface area (Å²) < 4.78 is 0. The second kappa shape index (κ2) is 4.49. The molecule has 0 amide bonds. The molecule has 0 aliphatic rings. The maximum absolute atomic E-state index is 10.7. The van der Waals surface area contributed by atoms with Crippen molar-refractivity contribution in [2.45, 2.75) is 32.4 Å². The van der Waals surface area contributed by atoms with Crippen molar-refractivity contribution < 1.29 is 9.90 Å². The molecule has 15 heavy (non-hydrogen) atoms. The fraction of sp³-hybridized carbons (Fsp3) is 0.545. The summed E-state index contributed by atoms with van der Waals surface area (Å²) in [6.07, 6.45) is 2.01. The van der Waals surface area contributed by atoms with E-state index in [1.807, 2.05) is 44.1 Å². The van der Waals surface area contributed by atoms with Crippen molar-refractivity contribution in [3.05, 3.63) is 24.0 Å². The lowest BCUT2D eigenvalue weighted by atomic mass is 9.98. The zero-order chi connectivity index (χ0) is 11.5. The molecule has 4 nitrogen and oxygen atoms in total. The van der Waals surface area contributed by atoms with Crippen LogP contribution in [-0.4, -0.2) is 33.5 Å². The summed E-state index contributed by atoms with van der Waals surface area (Å²) in [5, 5.41) is 8.79. The highest BCUT2D eigenvalue weighted by atomic mass is 16.4. The summed E-state index contributed by atoms with van der Waals surface area (Å²) in [6, 6.07) is 3.93. The van der Waals surface area contributed by atoms with Crippen molar-refractivity contribution in [2.24, 2.45) is 0 Å². The van der Waals surface area contributed by atoms with E-state index in [0.717, 1.165) is 12.2 Å². The van der Waals surface area contributed by atoms with Crippen LogP contribution >= 0.6 is 0 Å². The molecule has 2 N–H and O–H groups in total. The summed E-state index contributed by atoms with van der Waals surface area (Å²) in [6.45, 7) is 4.60. The Bertz CT molecular complexity index is 317. The topological polar surface area (TPSA) is 56.3 Å². The number of hydrogen-bond acceptors (Lipinski definition) is 2. The predicted molar refractivity (Wildman–Crippen MR) is 58.6 cm³/mol. The number of carbonyl (C=O) groups is 1. The van der Waals surface area contributed by atoms with Crippen LogP contribution in [0.3, 0.4) is 0 Å². The molecule has 0 fully saturated rings. The quantitative estimate of drug-likeness (QED) is 0.777. The van der Waals surface area contributed by atoms with Crippen LogP contribution in [0, 0.1) is 0 Å². The van der Waals surface area contributed by atoms with Gasteiger partial charge >= 0.3 is 5.97 Å². The fourth-order valence-electron chi connectivity index (χ4n) is 1.44. The van der Waals surface area contributed by atoms with E-state index in [1.165, 1.54) is 0 Å². The van der Waals surface area contributed by atoms with Crippen molar-refractivity contribution in [3.63, 3.8) is 0 Å². The van der Waals surface area contributed by atoms with Crippen LogP contribution < -0.4 is 0 Å². The monoisotopic (exact) mass is 210 g/mol. The van der Waals surface area contributed by atoms with Gasteiger partial charge in [0, 0.05) is 24.0 Å². The van der Waals surface area contributed by atoms with Gasteiger partial charge in [0.05, 0.1) is 6.42 Å². The summed E-state index contributed by atoms with van der Waals surface area (Å²) in [5.41, 5.74) is 0.757. The van der Waals surface area contributed by atoms with E-state index in [1.54, 1.807) is 0 Å². The Morgan fingerprint density at radius 3 is 2.73 bits per heavy atom. The third-order valence-corrected chi connectivity index (χ3v) is 2.69. The van der Waals surface area contributed by atoms with Gasteiger partial charge in [-0.25, -0.2) is 0 Å². The predicted octanol–water partition coefficient (Wildman–Crippen LogP) is 1.70. The first-order valence-corrected chi connectivity index (χ1v) is 4.97. The van der Waals surface area contributed by atoms with E-state index in [4.69, 9.17) is 5.11 Å². The first kappa shape index (κ1) is 11.8. The number of hydrogen-bond donors (Lipinski definition) is 2. The van der Waals surface area contributed by atoms with Gasteiger partial charge in [-0.05, 0) is 33.0 Å². The molecule has 0 radical (unpaired) electrons. The van der Waals surface area contributed by atoms with Gasteiger partial charge in [0.1, 0.15) is 0 Å². The molecule has 0 bridgehead atoms. The summed E-state index contributed by atoms with van der Waals surface area (Å²) >= 11 is 0. The molecule has 4 heteroatoms. The number of rotatable bonds is 5. The molecule has 0 atom stereocenters. The van der Waals surface area contributed by atoms with Crippen LogP contribution in [0.1, 0.15) is 26.0 Å². The first-order chi connectivity index (χ1) is 6.92. The van der Waals surface area contributed by atoms with E-state index in [9.17, 15) is 4.79 Å². The van der Waals surface area contributed by atoms with Crippen molar-refractivity contribution in [1.29, 1.82) is 0 Å². The third kappa shape index (κ3) is 3.40. The molecule has 0 aliphatic carbocycles. The maximum atomic E-state index is 10.7. The Balaban J connectivity index is 2.59. The number of aliphatic carboxylic acids is 1. The summed E-state index contributed by atoms with van der Waals surface area (Å²) in [7, 11) is 1.93. The fourth-order valence-corrected chi connectivity index (χ4v) is 1.44. The van der Waals surface area contributed by atoms with Crippen LogP contribution in [0.25, 0.3) is 0 Å². The highest BCUT2D eigenvalue weighted by Crippen LogP contribution is 2.18. The minimum atomic E-state index is -0.765. The molecule has 0 aliphatic heterocycles. The summed E-state index contributed by atoms with van der Waals surface area (Å²) in [5.74, 6) is -0.765. The lowest BCUT2D eigenvalue weighted by Crippen LogP contribution is -2.42. The molecule has 1 aromatic heterocycles. The zero-order valence-electron chi connectivity index (χ0n) is 9.45. The van der Waals surface area contributed by atoms with Gasteiger partial charge in [-0.15, -0.1) is 0 Å².